The molecule has 0 aliphatic heterocycles. The molecule has 3 aromatic rings. The van der Waals surface area contributed by atoms with Gasteiger partial charge in [0, 0.05) is 44.4 Å². The third-order valence-electron chi connectivity index (χ3n) is 5.32. The van der Waals surface area contributed by atoms with Crippen LogP contribution in [-0.4, -0.2) is 54.0 Å². The van der Waals surface area contributed by atoms with Crippen LogP contribution in [0.2, 0.25) is 0 Å². The number of amides is 1. The molecule has 1 aromatic carbocycles. The largest absolute Gasteiger partial charge is 0.497 e. The topological polar surface area (TPSA) is 94.4 Å². The smallest absolute Gasteiger partial charge is 0.220 e. The maximum Gasteiger partial charge on any atom is 0.220 e. The van der Waals surface area contributed by atoms with E-state index in [0.29, 0.717) is 31.0 Å². The molecule has 2 aromatic heterocycles. The molecular formula is C23H30N6O3. The molecule has 9 nitrogen and oxygen atoms in total. The Balaban J connectivity index is 1.66. The Kier molecular flexibility index (Phi) is 7.29. The van der Waals surface area contributed by atoms with Gasteiger partial charge < -0.3 is 19.7 Å². The molecule has 0 spiro atoms. The van der Waals surface area contributed by atoms with Gasteiger partial charge in [-0.25, -0.2) is 14.6 Å². The van der Waals surface area contributed by atoms with Crippen LogP contribution in [0, 0.1) is 13.8 Å². The number of anilines is 1. The number of hydrogen-bond donors (Lipinski definition) is 1. The average Bonchev–Trinajstić information content (AvgIpc) is 3.09. The number of benzene rings is 1. The summed E-state index contributed by atoms with van der Waals surface area (Å²) >= 11 is 0. The lowest BCUT2D eigenvalue weighted by molar-refractivity contribution is -0.121. The molecule has 9 heteroatoms. The number of aryl methyl sites for hydroxylation is 1. The second kappa shape index (κ2) is 10.1. The second-order valence-electron chi connectivity index (χ2n) is 7.64. The van der Waals surface area contributed by atoms with E-state index in [1.54, 1.807) is 18.9 Å². The van der Waals surface area contributed by atoms with Crippen LogP contribution in [0.1, 0.15) is 28.9 Å². The van der Waals surface area contributed by atoms with Crippen LogP contribution < -0.4 is 19.7 Å². The fourth-order valence-electron chi connectivity index (χ4n) is 3.50. The normalized spacial score (nSPS) is 10.7. The maximum absolute atomic E-state index is 12.5. The third kappa shape index (κ3) is 5.16. The van der Waals surface area contributed by atoms with Gasteiger partial charge in [0.1, 0.15) is 23.6 Å². The summed E-state index contributed by atoms with van der Waals surface area (Å²) in [5.41, 5.74) is 3.76. The molecule has 0 atom stereocenters. The van der Waals surface area contributed by atoms with Gasteiger partial charge in [-0.3, -0.25) is 4.79 Å². The first-order valence-corrected chi connectivity index (χ1v) is 10.4. The highest BCUT2D eigenvalue weighted by Gasteiger charge is 2.16. The molecule has 1 amide bonds. The van der Waals surface area contributed by atoms with E-state index in [9.17, 15) is 4.79 Å². The molecule has 0 unspecified atom stereocenters. The Morgan fingerprint density at radius 1 is 1.12 bits per heavy atom. The number of methoxy groups -OCH3 is 2. The number of rotatable bonds is 9. The van der Waals surface area contributed by atoms with Crippen molar-refractivity contribution in [3.63, 3.8) is 0 Å². The van der Waals surface area contributed by atoms with Crippen molar-refractivity contribution >= 4 is 11.7 Å². The van der Waals surface area contributed by atoms with E-state index in [4.69, 9.17) is 9.47 Å². The maximum atomic E-state index is 12.5. The van der Waals surface area contributed by atoms with Gasteiger partial charge in [-0.2, -0.15) is 5.10 Å². The number of hydrogen-bond acceptors (Lipinski definition) is 7. The van der Waals surface area contributed by atoms with E-state index in [-0.39, 0.29) is 5.91 Å². The molecular weight excluding hydrogens is 408 g/mol. The average molecular weight is 439 g/mol. The summed E-state index contributed by atoms with van der Waals surface area (Å²) in [7, 11) is 7.07. The van der Waals surface area contributed by atoms with Gasteiger partial charge in [0.2, 0.25) is 5.91 Å². The summed E-state index contributed by atoms with van der Waals surface area (Å²) in [5, 5.41) is 7.60. The molecule has 0 saturated carbocycles. The quantitative estimate of drug-likeness (QED) is 0.549. The van der Waals surface area contributed by atoms with E-state index in [2.05, 4.69) is 20.4 Å². The standard InChI is InChI=1S/C23H30N6O3/c1-15-19(16(2)29(27-15)22-12-21(28(3)4)25-14-26-22)8-10-23(30)24-13-17-11-18(31-5)7-9-20(17)32-6/h7,9,11-12,14H,8,10,13H2,1-6H3,(H,24,30). The van der Waals surface area contributed by atoms with Crippen LogP contribution in [0.3, 0.4) is 0 Å². The van der Waals surface area contributed by atoms with Gasteiger partial charge >= 0.3 is 0 Å². The van der Waals surface area contributed by atoms with Crippen LogP contribution >= 0.6 is 0 Å². The molecule has 170 valence electrons. The van der Waals surface area contributed by atoms with Gasteiger partial charge in [0.25, 0.3) is 0 Å². The lowest BCUT2D eigenvalue weighted by Crippen LogP contribution is -2.23. The van der Waals surface area contributed by atoms with Crippen LogP contribution in [-0.2, 0) is 17.8 Å². The predicted octanol–water partition coefficient (Wildman–Crippen LogP) is 2.61. The third-order valence-corrected chi connectivity index (χ3v) is 5.32. The molecule has 0 fully saturated rings. The highest BCUT2D eigenvalue weighted by Crippen LogP contribution is 2.24. The fraction of sp³-hybridized carbons (Fsp3) is 0.391. The van der Waals surface area contributed by atoms with E-state index >= 15 is 0 Å². The van der Waals surface area contributed by atoms with Crippen molar-refractivity contribution in [2.75, 3.05) is 33.2 Å². The number of ether oxygens (including phenoxy) is 2. The van der Waals surface area contributed by atoms with Crippen LogP contribution in [0.4, 0.5) is 5.82 Å². The van der Waals surface area contributed by atoms with E-state index < -0.39 is 0 Å². The predicted molar refractivity (Wildman–Crippen MR) is 123 cm³/mol. The van der Waals surface area contributed by atoms with Gasteiger partial charge in [-0.15, -0.1) is 0 Å². The van der Waals surface area contributed by atoms with E-state index in [1.807, 2.05) is 57.1 Å². The monoisotopic (exact) mass is 438 g/mol. The number of nitrogens with one attached hydrogen (secondary N) is 1. The zero-order chi connectivity index (χ0) is 23.3. The lowest BCUT2D eigenvalue weighted by Gasteiger charge is -2.12. The second-order valence-corrected chi connectivity index (χ2v) is 7.64. The van der Waals surface area contributed by atoms with Crippen molar-refractivity contribution in [2.45, 2.75) is 33.2 Å². The van der Waals surface area contributed by atoms with Crippen molar-refractivity contribution in [1.82, 2.24) is 25.1 Å². The number of carbonyl (C=O) groups is 1. The first-order chi connectivity index (χ1) is 15.3. The van der Waals surface area contributed by atoms with Crippen molar-refractivity contribution < 1.29 is 14.3 Å². The van der Waals surface area contributed by atoms with Gasteiger partial charge in [-0.05, 0) is 44.0 Å². The van der Waals surface area contributed by atoms with Crippen LogP contribution in [0.15, 0.2) is 30.6 Å². The minimum absolute atomic E-state index is 0.0432. The number of nitrogens with zero attached hydrogens (tertiary/aromatic N) is 5. The molecule has 0 radical (unpaired) electrons. The minimum Gasteiger partial charge on any atom is -0.497 e. The van der Waals surface area contributed by atoms with E-state index in [1.165, 1.54) is 6.33 Å². The van der Waals surface area contributed by atoms with Gasteiger partial charge in [-0.1, -0.05) is 0 Å². The zero-order valence-corrected chi connectivity index (χ0v) is 19.5. The van der Waals surface area contributed by atoms with E-state index in [0.717, 1.165) is 34.1 Å². The Bertz CT molecular complexity index is 1090. The summed E-state index contributed by atoms with van der Waals surface area (Å²) in [6, 6.07) is 7.40. The number of carbonyl (C=O) groups excluding carboxylic acids is 1. The zero-order valence-electron chi connectivity index (χ0n) is 19.5. The molecule has 0 aliphatic carbocycles. The Labute approximate surface area is 188 Å². The van der Waals surface area contributed by atoms with Gasteiger partial charge in [0.05, 0.1) is 19.9 Å². The summed E-state index contributed by atoms with van der Waals surface area (Å²) < 4.78 is 12.4. The lowest BCUT2D eigenvalue weighted by atomic mass is 10.1. The van der Waals surface area contributed by atoms with Crippen molar-refractivity contribution in [2.24, 2.45) is 0 Å². The number of aromatic nitrogens is 4. The van der Waals surface area contributed by atoms with Gasteiger partial charge in [0.15, 0.2) is 5.82 Å². The minimum atomic E-state index is -0.0432. The van der Waals surface area contributed by atoms with Crippen LogP contribution in [0.25, 0.3) is 5.82 Å². The fourth-order valence-corrected chi connectivity index (χ4v) is 3.50. The summed E-state index contributed by atoms with van der Waals surface area (Å²) in [6.07, 6.45) is 2.47. The molecule has 1 N–H and O–H groups in total. The molecule has 0 saturated heterocycles. The molecule has 0 aliphatic rings. The summed E-state index contributed by atoms with van der Waals surface area (Å²) in [6.45, 7) is 4.31. The molecule has 0 bridgehead atoms. The highest BCUT2D eigenvalue weighted by molar-refractivity contribution is 5.76. The Morgan fingerprint density at radius 2 is 1.91 bits per heavy atom. The van der Waals surface area contributed by atoms with Crippen molar-refractivity contribution in [1.29, 1.82) is 0 Å². The Morgan fingerprint density at radius 3 is 2.59 bits per heavy atom. The first kappa shape index (κ1) is 23.1. The first-order valence-electron chi connectivity index (χ1n) is 10.4. The summed E-state index contributed by atoms with van der Waals surface area (Å²) in [5.74, 6) is 2.89. The Hall–Kier alpha value is -3.62. The SMILES string of the molecule is COc1ccc(OC)c(CNC(=O)CCc2c(C)nn(-c3cc(N(C)C)ncn3)c2C)c1. The van der Waals surface area contributed by atoms with Crippen molar-refractivity contribution in [3.8, 4) is 17.3 Å². The molecule has 32 heavy (non-hydrogen) atoms. The molecule has 3 rings (SSSR count). The van der Waals surface area contributed by atoms with Crippen LogP contribution in [0.5, 0.6) is 11.5 Å². The highest BCUT2D eigenvalue weighted by atomic mass is 16.5. The summed E-state index contributed by atoms with van der Waals surface area (Å²) in [4.78, 5) is 23.1. The molecule has 2 heterocycles. The van der Waals surface area contributed by atoms with Crippen molar-refractivity contribution in [3.05, 3.63) is 53.1 Å².